The van der Waals surface area contributed by atoms with Gasteiger partial charge in [-0.3, -0.25) is 9.58 Å². The molecule has 104 valence electrons. The number of hydrogen-bond acceptors (Lipinski definition) is 4. The fourth-order valence-electron chi connectivity index (χ4n) is 1.87. The first kappa shape index (κ1) is 14.0. The molecule has 2 heterocycles. The van der Waals surface area contributed by atoms with Crippen molar-refractivity contribution in [3.05, 3.63) is 29.1 Å². The molecule has 0 bridgehead atoms. The van der Waals surface area contributed by atoms with E-state index >= 15 is 0 Å². The molecule has 2 aromatic heterocycles. The molecule has 0 fully saturated rings. The summed E-state index contributed by atoms with van der Waals surface area (Å²) >= 11 is 5.32. The lowest BCUT2D eigenvalue weighted by molar-refractivity contribution is 0.153. The van der Waals surface area contributed by atoms with Crippen molar-refractivity contribution in [2.24, 2.45) is 14.1 Å². The van der Waals surface area contributed by atoms with Crippen molar-refractivity contribution in [3.63, 3.8) is 0 Å². The smallest absolute Gasteiger partial charge is 0.198 e. The standard InChI is InChI=1S/C12H20N6S/c1-10(2)17(7-11-5-13-16(4)6-11)9-18-12(19)15(3)8-14-18/h5-6,8,10H,7,9H2,1-4H3. The molecular formula is C12H20N6S. The van der Waals surface area contributed by atoms with Crippen LogP contribution < -0.4 is 0 Å². The van der Waals surface area contributed by atoms with Gasteiger partial charge in [0.25, 0.3) is 0 Å². The second-order valence-electron chi connectivity index (χ2n) is 5.03. The Morgan fingerprint density at radius 3 is 2.53 bits per heavy atom. The Balaban J connectivity index is 2.12. The number of rotatable bonds is 5. The zero-order valence-corrected chi connectivity index (χ0v) is 12.6. The first-order valence-electron chi connectivity index (χ1n) is 6.27. The minimum absolute atomic E-state index is 0.407. The van der Waals surface area contributed by atoms with E-state index in [4.69, 9.17) is 12.2 Å². The molecule has 6 nitrogen and oxygen atoms in total. The van der Waals surface area contributed by atoms with E-state index in [0.717, 1.165) is 11.3 Å². The number of aryl methyl sites for hydroxylation is 2. The molecule has 0 aromatic carbocycles. The highest BCUT2D eigenvalue weighted by Gasteiger charge is 2.13. The molecule has 19 heavy (non-hydrogen) atoms. The third kappa shape index (κ3) is 3.30. The predicted octanol–water partition coefficient (Wildman–Crippen LogP) is 1.55. The lowest BCUT2D eigenvalue weighted by atomic mass is 10.3. The van der Waals surface area contributed by atoms with Gasteiger partial charge in [-0.2, -0.15) is 10.2 Å². The molecule has 2 rings (SSSR count). The third-order valence-electron chi connectivity index (χ3n) is 3.08. The van der Waals surface area contributed by atoms with E-state index < -0.39 is 0 Å². The molecule has 7 heteroatoms. The Hall–Kier alpha value is -1.47. The van der Waals surface area contributed by atoms with Gasteiger partial charge >= 0.3 is 0 Å². The number of aromatic nitrogens is 5. The molecule has 0 aliphatic carbocycles. The number of hydrogen-bond donors (Lipinski definition) is 0. The van der Waals surface area contributed by atoms with Gasteiger partial charge in [-0.25, -0.2) is 4.68 Å². The van der Waals surface area contributed by atoms with Crippen LogP contribution in [0.4, 0.5) is 0 Å². The van der Waals surface area contributed by atoms with E-state index in [2.05, 4.69) is 28.9 Å². The highest BCUT2D eigenvalue weighted by Crippen LogP contribution is 2.09. The third-order valence-corrected chi connectivity index (χ3v) is 3.58. The summed E-state index contributed by atoms with van der Waals surface area (Å²) in [6.07, 6.45) is 5.67. The van der Waals surface area contributed by atoms with Crippen LogP contribution in [0.1, 0.15) is 19.4 Å². The Kier molecular flexibility index (Phi) is 4.16. The van der Waals surface area contributed by atoms with E-state index in [1.165, 1.54) is 5.56 Å². The SMILES string of the molecule is CC(C)N(Cc1cnn(C)c1)Cn1ncn(C)c1=S. The second kappa shape index (κ2) is 5.66. The fourth-order valence-corrected chi connectivity index (χ4v) is 2.03. The lowest BCUT2D eigenvalue weighted by Crippen LogP contribution is -2.32. The topological polar surface area (TPSA) is 43.8 Å². The summed E-state index contributed by atoms with van der Waals surface area (Å²) in [4.78, 5) is 2.31. The molecule has 0 radical (unpaired) electrons. The molecule has 0 saturated carbocycles. The lowest BCUT2D eigenvalue weighted by Gasteiger charge is -2.25. The molecule has 0 amide bonds. The highest BCUT2D eigenvalue weighted by atomic mass is 32.1. The second-order valence-corrected chi connectivity index (χ2v) is 5.39. The van der Waals surface area contributed by atoms with E-state index in [-0.39, 0.29) is 0 Å². The summed E-state index contributed by atoms with van der Waals surface area (Å²) in [5, 5.41) is 8.50. The Labute approximate surface area is 118 Å². The molecule has 0 N–H and O–H groups in total. The summed E-state index contributed by atoms with van der Waals surface area (Å²) < 4.78 is 6.24. The molecular weight excluding hydrogens is 260 g/mol. The Morgan fingerprint density at radius 1 is 1.32 bits per heavy atom. The zero-order chi connectivity index (χ0) is 14.0. The van der Waals surface area contributed by atoms with Crippen LogP contribution in [0, 0.1) is 4.77 Å². The summed E-state index contributed by atoms with van der Waals surface area (Å²) in [5.74, 6) is 0. The summed E-state index contributed by atoms with van der Waals surface area (Å²) in [5.41, 5.74) is 1.19. The minimum Gasteiger partial charge on any atom is -0.310 e. The van der Waals surface area contributed by atoms with Crippen LogP contribution in [0.25, 0.3) is 0 Å². The largest absolute Gasteiger partial charge is 0.310 e. The maximum atomic E-state index is 5.32. The van der Waals surface area contributed by atoms with Gasteiger partial charge in [0.15, 0.2) is 4.77 Å². The quantitative estimate of drug-likeness (QED) is 0.780. The monoisotopic (exact) mass is 280 g/mol. The van der Waals surface area contributed by atoms with Gasteiger partial charge in [0, 0.05) is 38.4 Å². The summed E-state index contributed by atoms with van der Waals surface area (Å²) in [7, 11) is 3.84. The van der Waals surface area contributed by atoms with Crippen LogP contribution in [0.2, 0.25) is 0 Å². The zero-order valence-electron chi connectivity index (χ0n) is 11.8. The van der Waals surface area contributed by atoms with Crippen molar-refractivity contribution in [2.75, 3.05) is 0 Å². The average molecular weight is 280 g/mol. The minimum atomic E-state index is 0.407. The molecule has 0 saturated heterocycles. The van der Waals surface area contributed by atoms with Gasteiger partial charge in [-0.1, -0.05) is 0 Å². The molecule has 0 aliphatic heterocycles. The van der Waals surface area contributed by atoms with Crippen LogP contribution in [-0.4, -0.2) is 35.1 Å². The molecule has 0 spiro atoms. The van der Waals surface area contributed by atoms with Crippen LogP contribution in [0.5, 0.6) is 0 Å². The maximum absolute atomic E-state index is 5.32. The van der Waals surface area contributed by atoms with Gasteiger partial charge in [-0.05, 0) is 26.1 Å². The Bertz CT molecular complexity index is 593. The molecule has 0 atom stereocenters. The van der Waals surface area contributed by atoms with Gasteiger partial charge < -0.3 is 4.57 Å². The normalized spacial score (nSPS) is 11.7. The van der Waals surface area contributed by atoms with Gasteiger partial charge in [0.2, 0.25) is 0 Å². The van der Waals surface area contributed by atoms with Crippen LogP contribution in [0.3, 0.4) is 0 Å². The van der Waals surface area contributed by atoms with Gasteiger partial charge in [0.05, 0.1) is 12.9 Å². The van der Waals surface area contributed by atoms with Crippen molar-refractivity contribution in [2.45, 2.75) is 33.1 Å². The van der Waals surface area contributed by atoms with Gasteiger partial charge in [0.1, 0.15) is 6.33 Å². The summed E-state index contributed by atoms with van der Waals surface area (Å²) in [6, 6.07) is 0.407. The first-order chi connectivity index (χ1) is 8.97. The maximum Gasteiger partial charge on any atom is 0.198 e. The van der Waals surface area contributed by atoms with Crippen LogP contribution >= 0.6 is 12.2 Å². The highest BCUT2D eigenvalue weighted by molar-refractivity contribution is 7.71. The van der Waals surface area contributed by atoms with Crippen LogP contribution in [0.15, 0.2) is 18.7 Å². The average Bonchev–Trinajstić information content (AvgIpc) is 2.89. The van der Waals surface area contributed by atoms with E-state index in [9.17, 15) is 0 Å². The van der Waals surface area contributed by atoms with Crippen molar-refractivity contribution < 1.29 is 0 Å². The van der Waals surface area contributed by atoms with Crippen molar-refractivity contribution in [1.29, 1.82) is 0 Å². The van der Waals surface area contributed by atoms with E-state index in [1.54, 1.807) is 6.33 Å². The Morgan fingerprint density at radius 2 is 2.05 bits per heavy atom. The molecule has 2 aromatic rings. The van der Waals surface area contributed by atoms with Crippen LogP contribution in [-0.2, 0) is 27.3 Å². The predicted molar refractivity (Wildman–Crippen MR) is 75.9 cm³/mol. The van der Waals surface area contributed by atoms with E-state index in [1.807, 2.05) is 40.4 Å². The molecule has 0 aliphatic rings. The summed E-state index contributed by atoms with van der Waals surface area (Å²) in [6.45, 7) is 5.86. The molecule has 0 unspecified atom stereocenters. The van der Waals surface area contributed by atoms with E-state index in [0.29, 0.717) is 12.7 Å². The number of nitrogens with zero attached hydrogens (tertiary/aromatic N) is 6. The van der Waals surface area contributed by atoms with Crippen molar-refractivity contribution >= 4 is 12.2 Å². The van der Waals surface area contributed by atoms with Gasteiger partial charge in [-0.15, -0.1) is 0 Å². The van der Waals surface area contributed by atoms with Crippen molar-refractivity contribution in [1.82, 2.24) is 29.0 Å². The first-order valence-corrected chi connectivity index (χ1v) is 6.68. The fraction of sp³-hybridized carbons (Fsp3) is 0.583. The van der Waals surface area contributed by atoms with Crippen molar-refractivity contribution in [3.8, 4) is 0 Å².